The molecular formula is C16H19N5O3. The van der Waals surface area contributed by atoms with Crippen molar-refractivity contribution in [3.63, 3.8) is 0 Å². The van der Waals surface area contributed by atoms with E-state index in [-0.39, 0.29) is 5.91 Å². The molecule has 0 spiro atoms. The molecule has 1 aliphatic rings. The van der Waals surface area contributed by atoms with Gasteiger partial charge in [-0.25, -0.2) is 9.48 Å². The second-order valence-electron chi connectivity index (χ2n) is 6.06. The number of carbonyl (C=O) groups excluding carboxylic acids is 1. The van der Waals surface area contributed by atoms with Crippen LogP contribution >= 0.6 is 0 Å². The van der Waals surface area contributed by atoms with E-state index in [0.717, 1.165) is 31.4 Å². The SMILES string of the molecule is O=C(NC1(C(=O)O)CCCCCC1)c1ccc(-n2cnnn2)cc1. The molecule has 2 N–H and O–H groups in total. The first-order chi connectivity index (χ1) is 11.6. The lowest BCUT2D eigenvalue weighted by Crippen LogP contribution is -2.54. The summed E-state index contributed by atoms with van der Waals surface area (Å²) < 4.78 is 1.48. The summed E-state index contributed by atoms with van der Waals surface area (Å²) in [7, 11) is 0. The van der Waals surface area contributed by atoms with Gasteiger partial charge in [-0.3, -0.25) is 4.79 Å². The monoisotopic (exact) mass is 329 g/mol. The number of nitrogens with one attached hydrogen (secondary N) is 1. The van der Waals surface area contributed by atoms with Gasteiger partial charge in [0.15, 0.2) is 0 Å². The van der Waals surface area contributed by atoms with Crippen molar-refractivity contribution in [2.75, 3.05) is 0 Å². The normalized spacial score (nSPS) is 17.0. The van der Waals surface area contributed by atoms with Crippen LogP contribution in [0.15, 0.2) is 30.6 Å². The van der Waals surface area contributed by atoms with Crippen LogP contribution in [0.2, 0.25) is 0 Å². The van der Waals surface area contributed by atoms with E-state index >= 15 is 0 Å². The summed E-state index contributed by atoms with van der Waals surface area (Å²) in [5.41, 5.74) is -0.0297. The third-order valence-corrected chi connectivity index (χ3v) is 4.46. The number of carboxylic acids is 1. The maximum atomic E-state index is 12.5. The van der Waals surface area contributed by atoms with E-state index in [9.17, 15) is 14.7 Å². The van der Waals surface area contributed by atoms with Crippen LogP contribution in [-0.4, -0.2) is 42.7 Å². The number of rotatable bonds is 4. The molecule has 1 amide bonds. The molecule has 1 aliphatic carbocycles. The maximum Gasteiger partial charge on any atom is 0.329 e. The van der Waals surface area contributed by atoms with Gasteiger partial charge < -0.3 is 10.4 Å². The minimum Gasteiger partial charge on any atom is -0.480 e. The zero-order valence-electron chi connectivity index (χ0n) is 13.2. The summed E-state index contributed by atoms with van der Waals surface area (Å²) in [5, 5.41) is 23.3. The highest BCUT2D eigenvalue weighted by Crippen LogP contribution is 2.28. The summed E-state index contributed by atoms with van der Waals surface area (Å²) in [6.45, 7) is 0. The number of nitrogens with zero attached hydrogens (tertiary/aromatic N) is 4. The fourth-order valence-corrected chi connectivity index (χ4v) is 3.06. The largest absolute Gasteiger partial charge is 0.480 e. The zero-order chi connectivity index (χ0) is 17.0. The predicted molar refractivity (Wildman–Crippen MR) is 84.7 cm³/mol. The van der Waals surface area contributed by atoms with Crippen LogP contribution in [0.25, 0.3) is 5.69 Å². The number of hydrogen-bond donors (Lipinski definition) is 2. The molecule has 1 heterocycles. The summed E-state index contributed by atoms with van der Waals surface area (Å²) in [5.74, 6) is -1.33. The Morgan fingerprint density at radius 3 is 2.29 bits per heavy atom. The number of hydrogen-bond acceptors (Lipinski definition) is 5. The average molecular weight is 329 g/mol. The van der Waals surface area contributed by atoms with Crippen LogP contribution in [0.1, 0.15) is 48.9 Å². The molecule has 0 saturated heterocycles. The van der Waals surface area contributed by atoms with Gasteiger partial charge in [0.25, 0.3) is 5.91 Å². The van der Waals surface area contributed by atoms with E-state index in [1.165, 1.54) is 11.0 Å². The summed E-state index contributed by atoms with van der Waals surface area (Å²) >= 11 is 0. The lowest BCUT2D eigenvalue weighted by Gasteiger charge is -2.29. The molecule has 1 fully saturated rings. The second-order valence-corrected chi connectivity index (χ2v) is 6.06. The average Bonchev–Trinajstić information content (AvgIpc) is 3.02. The smallest absolute Gasteiger partial charge is 0.329 e. The Labute approximate surface area is 138 Å². The Bertz CT molecular complexity index is 704. The van der Waals surface area contributed by atoms with Crippen molar-refractivity contribution in [2.24, 2.45) is 0 Å². The molecule has 3 rings (SSSR count). The van der Waals surface area contributed by atoms with Gasteiger partial charge in [0, 0.05) is 5.56 Å². The quantitative estimate of drug-likeness (QED) is 0.824. The first kappa shape index (κ1) is 16.1. The van der Waals surface area contributed by atoms with Crippen LogP contribution in [0.5, 0.6) is 0 Å². The first-order valence-corrected chi connectivity index (χ1v) is 8.00. The molecule has 2 aromatic rings. The van der Waals surface area contributed by atoms with E-state index in [1.807, 2.05) is 0 Å². The first-order valence-electron chi connectivity index (χ1n) is 8.00. The number of aliphatic carboxylic acids is 1. The number of amides is 1. The van der Waals surface area contributed by atoms with E-state index in [0.29, 0.717) is 18.4 Å². The maximum absolute atomic E-state index is 12.5. The molecule has 24 heavy (non-hydrogen) atoms. The van der Waals surface area contributed by atoms with Gasteiger partial charge in [-0.1, -0.05) is 25.7 Å². The second kappa shape index (κ2) is 6.77. The summed E-state index contributed by atoms with van der Waals surface area (Å²) in [4.78, 5) is 24.3. The van der Waals surface area contributed by atoms with E-state index in [2.05, 4.69) is 20.8 Å². The van der Waals surface area contributed by atoms with Crippen molar-refractivity contribution in [1.29, 1.82) is 0 Å². The lowest BCUT2D eigenvalue weighted by atomic mass is 9.90. The molecule has 126 valence electrons. The molecule has 1 aromatic heterocycles. The van der Waals surface area contributed by atoms with Gasteiger partial charge in [0.2, 0.25) is 0 Å². The number of tetrazole rings is 1. The number of benzene rings is 1. The van der Waals surface area contributed by atoms with Gasteiger partial charge in [0.05, 0.1) is 5.69 Å². The van der Waals surface area contributed by atoms with Gasteiger partial charge in [0.1, 0.15) is 11.9 Å². The predicted octanol–water partition coefficient (Wildman–Crippen LogP) is 1.57. The van der Waals surface area contributed by atoms with Crippen molar-refractivity contribution >= 4 is 11.9 Å². The fraction of sp³-hybridized carbons (Fsp3) is 0.438. The topological polar surface area (TPSA) is 110 Å². The van der Waals surface area contributed by atoms with Crippen LogP contribution in [0.4, 0.5) is 0 Å². The van der Waals surface area contributed by atoms with E-state index in [1.54, 1.807) is 24.3 Å². The summed E-state index contributed by atoms with van der Waals surface area (Å²) in [6, 6.07) is 6.70. The van der Waals surface area contributed by atoms with Crippen LogP contribution < -0.4 is 5.32 Å². The highest BCUT2D eigenvalue weighted by atomic mass is 16.4. The van der Waals surface area contributed by atoms with Crippen molar-refractivity contribution in [3.8, 4) is 5.69 Å². The van der Waals surface area contributed by atoms with Gasteiger partial charge >= 0.3 is 5.97 Å². The van der Waals surface area contributed by atoms with Crippen LogP contribution in [0.3, 0.4) is 0 Å². The molecule has 8 heteroatoms. The molecule has 8 nitrogen and oxygen atoms in total. The van der Waals surface area contributed by atoms with Gasteiger partial charge in [-0.15, -0.1) is 5.10 Å². The molecule has 0 atom stereocenters. The molecule has 0 bridgehead atoms. The van der Waals surface area contributed by atoms with Crippen molar-refractivity contribution in [1.82, 2.24) is 25.5 Å². The Morgan fingerprint density at radius 1 is 1.08 bits per heavy atom. The third-order valence-electron chi connectivity index (χ3n) is 4.46. The van der Waals surface area contributed by atoms with Gasteiger partial charge in [-0.2, -0.15) is 0 Å². The molecular weight excluding hydrogens is 310 g/mol. The minimum absolute atomic E-state index is 0.373. The highest BCUT2D eigenvalue weighted by Gasteiger charge is 2.40. The van der Waals surface area contributed by atoms with Crippen molar-refractivity contribution in [2.45, 2.75) is 44.1 Å². The standard InChI is InChI=1S/C16H19N5O3/c22-14(18-16(15(23)24)9-3-1-2-4-10-16)12-5-7-13(8-6-12)21-11-17-19-20-21/h5-8,11H,1-4,9-10H2,(H,18,22)(H,23,24). The lowest BCUT2D eigenvalue weighted by molar-refractivity contribution is -0.145. The van der Waals surface area contributed by atoms with E-state index in [4.69, 9.17) is 0 Å². The molecule has 1 saturated carbocycles. The summed E-state index contributed by atoms with van der Waals surface area (Å²) in [6.07, 6.45) is 6.03. The van der Waals surface area contributed by atoms with Crippen LogP contribution in [-0.2, 0) is 4.79 Å². The molecule has 0 radical (unpaired) electrons. The highest BCUT2D eigenvalue weighted by molar-refractivity contribution is 5.98. The third kappa shape index (κ3) is 3.27. The Balaban J connectivity index is 1.76. The number of aromatic nitrogens is 4. The van der Waals surface area contributed by atoms with Gasteiger partial charge in [-0.05, 0) is 47.5 Å². The van der Waals surface area contributed by atoms with Crippen molar-refractivity contribution in [3.05, 3.63) is 36.2 Å². The Hall–Kier alpha value is -2.77. The molecule has 0 aliphatic heterocycles. The fourth-order valence-electron chi connectivity index (χ4n) is 3.06. The molecule has 1 aromatic carbocycles. The van der Waals surface area contributed by atoms with Crippen molar-refractivity contribution < 1.29 is 14.7 Å². The van der Waals surface area contributed by atoms with Crippen LogP contribution in [0, 0.1) is 0 Å². The minimum atomic E-state index is -1.16. The zero-order valence-corrected chi connectivity index (χ0v) is 13.2. The van der Waals surface area contributed by atoms with E-state index < -0.39 is 11.5 Å². The number of carboxylic acid groups (broad SMARTS) is 1. The molecule has 0 unspecified atom stereocenters. The Kier molecular flexibility index (Phi) is 4.54. The Morgan fingerprint density at radius 2 is 1.75 bits per heavy atom. The number of carbonyl (C=O) groups is 2.